The van der Waals surface area contributed by atoms with Gasteiger partial charge in [-0.2, -0.15) is 0 Å². The summed E-state index contributed by atoms with van der Waals surface area (Å²) in [4.78, 5) is 19.6. The maximum atomic E-state index is 11.0. The van der Waals surface area contributed by atoms with Gasteiger partial charge in [-0.3, -0.25) is 4.79 Å². The normalized spacial score (nSPS) is 11.9. The van der Waals surface area contributed by atoms with Crippen molar-refractivity contribution in [1.29, 1.82) is 0 Å². The summed E-state index contributed by atoms with van der Waals surface area (Å²) in [6.45, 7) is 4.62. The summed E-state index contributed by atoms with van der Waals surface area (Å²) in [6.07, 6.45) is 2.92. The van der Waals surface area contributed by atoms with Crippen LogP contribution in [0.2, 0.25) is 0 Å². The average molecular weight is 269 g/mol. The third-order valence-electron chi connectivity index (χ3n) is 2.24. The van der Waals surface area contributed by atoms with Crippen LogP contribution in [0.5, 0.6) is 0 Å². The Kier molecular flexibility index (Phi) is 5.70. The van der Waals surface area contributed by atoms with Gasteiger partial charge in [-0.15, -0.1) is 0 Å². The van der Waals surface area contributed by atoms with Crippen LogP contribution in [-0.2, 0) is 4.79 Å². The van der Waals surface area contributed by atoms with Crippen molar-refractivity contribution < 1.29 is 4.79 Å². The van der Waals surface area contributed by atoms with Crippen molar-refractivity contribution in [3.8, 4) is 0 Å². The number of nitrogens with zero attached hydrogens (tertiary/aromatic N) is 2. The highest BCUT2D eigenvalue weighted by Gasteiger charge is 2.10. The van der Waals surface area contributed by atoms with Crippen molar-refractivity contribution in [3.05, 3.63) is 6.07 Å². The molecule has 1 heterocycles. The number of rotatable bonds is 7. The van der Waals surface area contributed by atoms with Gasteiger partial charge < -0.3 is 16.4 Å². The standard InChI is InChI=1S/C11H19N5OS/c1-4-5-13-8-6-9(14-7(2)10(12)17)16-11(15-8)18-3/h6-7H,4-5H2,1-3H3,(H2,12,17)(H2,13,14,15,16). The lowest BCUT2D eigenvalue weighted by Crippen LogP contribution is -2.32. The lowest BCUT2D eigenvalue weighted by atomic mass is 10.3. The summed E-state index contributed by atoms with van der Waals surface area (Å²) in [5.41, 5.74) is 5.21. The van der Waals surface area contributed by atoms with Gasteiger partial charge in [0.15, 0.2) is 5.16 Å². The van der Waals surface area contributed by atoms with Gasteiger partial charge in [0.25, 0.3) is 0 Å². The maximum absolute atomic E-state index is 11.0. The number of amides is 1. The molecule has 18 heavy (non-hydrogen) atoms. The van der Waals surface area contributed by atoms with Gasteiger partial charge in [-0.1, -0.05) is 18.7 Å². The molecular weight excluding hydrogens is 250 g/mol. The van der Waals surface area contributed by atoms with E-state index in [1.807, 2.05) is 6.26 Å². The van der Waals surface area contributed by atoms with Gasteiger partial charge in [0.1, 0.15) is 17.7 Å². The van der Waals surface area contributed by atoms with Crippen molar-refractivity contribution in [2.45, 2.75) is 31.5 Å². The van der Waals surface area contributed by atoms with Crippen LogP contribution in [0.1, 0.15) is 20.3 Å². The monoisotopic (exact) mass is 269 g/mol. The minimum atomic E-state index is -0.464. The summed E-state index contributed by atoms with van der Waals surface area (Å²) in [6, 6.07) is 1.31. The number of aromatic nitrogens is 2. The van der Waals surface area contributed by atoms with Crippen LogP contribution in [0.15, 0.2) is 11.2 Å². The molecular formula is C11H19N5OS. The molecule has 0 aliphatic carbocycles. The highest BCUT2D eigenvalue weighted by Crippen LogP contribution is 2.17. The zero-order valence-corrected chi connectivity index (χ0v) is 11.7. The number of anilines is 2. The van der Waals surface area contributed by atoms with Crippen LogP contribution in [-0.4, -0.2) is 34.7 Å². The van der Waals surface area contributed by atoms with E-state index in [0.29, 0.717) is 11.0 Å². The molecule has 0 aromatic carbocycles. The minimum Gasteiger partial charge on any atom is -0.370 e. The fourth-order valence-electron chi connectivity index (χ4n) is 1.23. The number of carbonyl (C=O) groups excluding carboxylic acids is 1. The second-order valence-corrected chi connectivity index (χ2v) is 4.59. The summed E-state index contributed by atoms with van der Waals surface area (Å²) in [5.74, 6) is 0.928. The third kappa shape index (κ3) is 4.40. The Morgan fingerprint density at radius 1 is 1.50 bits per heavy atom. The van der Waals surface area contributed by atoms with Crippen molar-refractivity contribution in [2.75, 3.05) is 23.4 Å². The smallest absolute Gasteiger partial charge is 0.239 e. The zero-order chi connectivity index (χ0) is 13.5. The van der Waals surface area contributed by atoms with Crippen LogP contribution in [0.4, 0.5) is 11.6 Å². The Hall–Kier alpha value is -1.50. The van der Waals surface area contributed by atoms with E-state index in [0.717, 1.165) is 18.8 Å². The number of thioether (sulfide) groups is 1. The molecule has 1 rings (SSSR count). The van der Waals surface area contributed by atoms with Gasteiger partial charge in [0, 0.05) is 12.6 Å². The second kappa shape index (κ2) is 7.05. The number of nitrogens with one attached hydrogen (secondary N) is 2. The molecule has 7 heteroatoms. The first-order valence-corrected chi connectivity index (χ1v) is 7.02. The molecule has 0 saturated heterocycles. The van der Waals surface area contributed by atoms with E-state index in [1.54, 1.807) is 13.0 Å². The number of carbonyl (C=O) groups is 1. The molecule has 0 aliphatic heterocycles. The quantitative estimate of drug-likeness (QED) is 0.510. The lowest BCUT2D eigenvalue weighted by molar-refractivity contribution is -0.118. The Morgan fingerprint density at radius 2 is 2.17 bits per heavy atom. The molecule has 1 unspecified atom stereocenters. The molecule has 0 spiro atoms. The predicted molar refractivity (Wildman–Crippen MR) is 74.9 cm³/mol. The first kappa shape index (κ1) is 14.6. The van der Waals surface area contributed by atoms with Gasteiger partial charge >= 0.3 is 0 Å². The molecule has 1 aromatic rings. The fraction of sp³-hybridized carbons (Fsp3) is 0.545. The molecule has 1 atom stereocenters. The molecule has 6 nitrogen and oxygen atoms in total. The van der Waals surface area contributed by atoms with Gasteiger partial charge in [-0.25, -0.2) is 9.97 Å². The summed E-state index contributed by atoms with van der Waals surface area (Å²) >= 11 is 1.45. The summed E-state index contributed by atoms with van der Waals surface area (Å²) < 4.78 is 0. The Labute approximate surface area is 111 Å². The van der Waals surface area contributed by atoms with E-state index in [4.69, 9.17) is 5.73 Å². The molecule has 0 bridgehead atoms. The first-order valence-electron chi connectivity index (χ1n) is 5.79. The SMILES string of the molecule is CCCNc1cc(NC(C)C(N)=O)nc(SC)n1. The number of nitrogens with two attached hydrogens (primary N) is 1. The number of hydrogen-bond donors (Lipinski definition) is 3. The lowest BCUT2D eigenvalue weighted by Gasteiger charge is -2.13. The van der Waals surface area contributed by atoms with Crippen molar-refractivity contribution >= 4 is 29.3 Å². The molecule has 0 radical (unpaired) electrons. The van der Waals surface area contributed by atoms with E-state index < -0.39 is 11.9 Å². The predicted octanol–water partition coefficient (Wildman–Crippen LogP) is 1.31. The van der Waals surface area contributed by atoms with Crippen LogP contribution in [0.3, 0.4) is 0 Å². The highest BCUT2D eigenvalue weighted by molar-refractivity contribution is 7.98. The summed E-state index contributed by atoms with van der Waals surface area (Å²) in [7, 11) is 0. The Balaban J connectivity index is 2.86. The van der Waals surface area contributed by atoms with Crippen LogP contribution in [0, 0.1) is 0 Å². The molecule has 0 saturated carbocycles. The van der Waals surface area contributed by atoms with Crippen LogP contribution >= 0.6 is 11.8 Å². The van der Waals surface area contributed by atoms with Gasteiger partial charge in [0.05, 0.1) is 0 Å². The second-order valence-electron chi connectivity index (χ2n) is 3.82. The fourth-order valence-corrected chi connectivity index (χ4v) is 1.61. The molecule has 1 amide bonds. The van der Waals surface area contributed by atoms with E-state index in [2.05, 4.69) is 27.5 Å². The third-order valence-corrected chi connectivity index (χ3v) is 2.78. The van der Waals surface area contributed by atoms with Crippen molar-refractivity contribution in [1.82, 2.24) is 9.97 Å². The van der Waals surface area contributed by atoms with E-state index in [-0.39, 0.29) is 0 Å². The van der Waals surface area contributed by atoms with Crippen LogP contribution < -0.4 is 16.4 Å². The number of primary amides is 1. The molecule has 0 fully saturated rings. The molecule has 1 aromatic heterocycles. The van der Waals surface area contributed by atoms with E-state index in [1.165, 1.54) is 11.8 Å². The molecule has 100 valence electrons. The van der Waals surface area contributed by atoms with E-state index in [9.17, 15) is 4.79 Å². The summed E-state index contributed by atoms with van der Waals surface area (Å²) in [5, 5.41) is 6.79. The Morgan fingerprint density at radius 3 is 2.72 bits per heavy atom. The van der Waals surface area contributed by atoms with Crippen molar-refractivity contribution in [3.63, 3.8) is 0 Å². The van der Waals surface area contributed by atoms with Gasteiger partial charge in [0.2, 0.25) is 5.91 Å². The van der Waals surface area contributed by atoms with Gasteiger partial charge in [-0.05, 0) is 19.6 Å². The molecule has 4 N–H and O–H groups in total. The van der Waals surface area contributed by atoms with Crippen LogP contribution in [0.25, 0.3) is 0 Å². The average Bonchev–Trinajstić information content (AvgIpc) is 2.35. The topological polar surface area (TPSA) is 92.9 Å². The minimum absolute atomic E-state index is 0.414. The first-order chi connectivity index (χ1) is 8.56. The maximum Gasteiger partial charge on any atom is 0.239 e. The number of hydrogen-bond acceptors (Lipinski definition) is 6. The highest BCUT2D eigenvalue weighted by atomic mass is 32.2. The van der Waals surface area contributed by atoms with Crippen molar-refractivity contribution in [2.24, 2.45) is 5.73 Å². The largest absolute Gasteiger partial charge is 0.370 e. The molecule has 0 aliphatic rings. The zero-order valence-electron chi connectivity index (χ0n) is 10.9. The Bertz CT molecular complexity index is 412. The van der Waals surface area contributed by atoms with E-state index >= 15 is 0 Å².